The maximum absolute atomic E-state index is 12.1. The second-order valence-corrected chi connectivity index (χ2v) is 8.03. The first kappa shape index (κ1) is 20.9. The van der Waals surface area contributed by atoms with Crippen molar-refractivity contribution >= 4 is 28.4 Å². The molecule has 4 N–H and O–H groups in total. The molecule has 2 amide bonds. The Bertz CT molecular complexity index is 1010. The average molecular weight is 421 g/mol. The Hall–Kier alpha value is -3.32. The number of rotatable bonds is 7. The number of H-pyrrole nitrogens is 1. The van der Waals surface area contributed by atoms with E-state index in [0.29, 0.717) is 19.3 Å². The number of nitrogens with zero attached hydrogens (tertiary/aromatic N) is 1. The molecule has 2 heterocycles. The lowest BCUT2D eigenvalue weighted by Gasteiger charge is -2.33. The van der Waals surface area contributed by atoms with Crippen molar-refractivity contribution in [2.24, 2.45) is 0 Å². The Morgan fingerprint density at radius 3 is 2.35 bits per heavy atom. The zero-order valence-corrected chi connectivity index (χ0v) is 17.7. The van der Waals surface area contributed by atoms with Crippen LogP contribution in [0.2, 0.25) is 0 Å². The molecule has 1 fully saturated rings. The topological polar surface area (TPSA) is 81.7 Å². The van der Waals surface area contributed by atoms with Crippen molar-refractivity contribution in [2.75, 3.05) is 37.6 Å². The fourth-order valence-electron chi connectivity index (χ4n) is 4.11. The minimum atomic E-state index is -0.178. The lowest BCUT2D eigenvalue weighted by molar-refractivity contribution is -0.900. The van der Waals surface area contributed by atoms with Gasteiger partial charge >= 0.3 is 0 Å². The van der Waals surface area contributed by atoms with Gasteiger partial charge in [-0.3, -0.25) is 20.4 Å². The molecule has 0 unspecified atom stereocenters. The van der Waals surface area contributed by atoms with Gasteiger partial charge in [0, 0.05) is 29.2 Å². The molecule has 4 rings (SSSR count). The van der Waals surface area contributed by atoms with Crippen molar-refractivity contribution in [3.8, 4) is 0 Å². The number of aromatic amines is 1. The van der Waals surface area contributed by atoms with E-state index < -0.39 is 0 Å². The predicted molar refractivity (Wildman–Crippen MR) is 122 cm³/mol. The zero-order chi connectivity index (χ0) is 21.5. The van der Waals surface area contributed by atoms with Crippen molar-refractivity contribution in [1.29, 1.82) is 0 Å². The van der Waals surface area contributed by atoms with Gasteiger partial charge in [0.1, 0.15) is 0 Å². The summed E-state index contributed by atoms with van der Waals surface area (Å²) in [5.74, 6) is -0.319. The molecule has 1 aliphatic rings. The van der Waals surface area contributed by atoms with Crippen LogP contribution in [0.3, 0.4) is 0 Å². The minimum absolute atomic E-state index is 0.140. The van der Waals surface area contributed by atoms with Crippen LogP contribution in [-0.4, -0.2) is 49.5 Å². The number of piperazine rings is 1. The fraction of sp³-hybridized carbons (Fsp3) is 0.333. The number of carbonyl (C=O) groups excluding carboxylic acids is 2. The summed E-state index contributed by atoms with van der Waals surface area (Å²) in [5, 5.41) is 1.13. The molecule has 7 nitrogen and oxygen atoms in total. The molecule has 1 aromatic heterocycles. The molecule has 0 aliphatic carbocycles. The van der Waals surface area contributed by atoms with Gasteiger partial charge < -0.3 is 14.8 Å². The number of quaternary nitrogens is 1. The summed E-state index contributed by atoms with van der Waals surface area (Å²) in [4.78, 5) is 31.3. The summed E-state index contributed by atoms with van der Waals surface area (Å²) in [5.41, 5.74) is 8.53. The van der Waals surface area contributed by atoms with Crippen LogP contribution in [0.15, 0.2) is 60.8 Å². The molecular formula is C24H30N5O2+. The molecule has 0 bridgehead atoms. The number of carbonyl (C=O) groups is 2. The van der Waals surface area contributed by atoms with Gasteiger partial charge in [-0.25, -0.2) is 0 Å². The Morgan fingerprint density at radius 2 is 1.58 bits per heavy atom. The first-order chi connectivity index (χ1) is 15.2. The first-order valence-corrected chi connectivity index (χ1v) is 11.0. The van der Waals surface area contributed by atoms with E-state index in [1.54, 1.807) is 0 Å². The molecule has 31 heavy (non-hydrogen) atoms. The normalized spacial score (nSPS) is 14.5. The maximum atomic E-state index is 12.1. The second kappa shape index (κ2) is 10.1. The molecule has 2 aromatic carbocycles. The summed E-state index contributed by atoms with van der Waals surface area (Å²) in [6.07, 6.45) is 3.30. The zero-order valence-electron chi connectivity index (χ0n) is 17.7. The largest absolute Gasteiger partial charge is 0.361 e. The van der Waals surface area contributed by atoms with E-state index in [9.17, 15) is 9.59 Å². The van der Waals surface area contributed by atoms with Crippen molar-refractivity contribution < 1.29 is 14.5 Å². The van der Waals surface area contributed by atoms with Gasteiger partial charge in [0.05, 0.1) is 39.1 Å². The van der Waals surface area contributed by atoms with Crippen LogP contribution in [0.4, 0.5) is 5.69 Å². The highest BCUT2D eigenvalue weighted by Crippen LogP contribution is 2.18. The van der Waals surface area contributed by atoms with Crippen molar-refractivity contribution in [2.45, 2.75) is 19.3 Å². The van der Waals surface area contributed by atoms with Crippen LogP contribution in [-0.2, 0) is 16.0 Å². The number of hydrazine groups is 1. The van der Waals surface area contributed by atoms with Gasteiger partial charge in [0.15, 0.2) is 0 Å². The van der Waals surface area contributed by atoms with Gasteiger partial charge in [-0.15, -0.1) is 0 Å². The van der Waals surface area contributed by atoms with E-state index in [-0.39, 0.29) is 11.8 Å². The van der Waals surface area contributed by atoms with Crippen LogP contribution in [0.25, 0.3) is 10.9 Å². The number of nitrogens with one attached hydrogen (secondary N) is 4. The molecule has 3 aromatic rings. The smallest absolute Gasteiger partial charge is 0.244 e. The number of anilines is 1. The molecule has 162 valence electrons. The number of amides is 2. The molecule has 0 atom stereocenters. The summed E-state index contributed by atoms with van der Waals surface area (Å²) in [7, 11) is 0. The number of aryl methyl sites for hydroxylation is 1. The van der Waals surface area contributed by atoms with E-state index >= 15 is 0 Å². The molecule has 1 saturated heterocycles. The number of aromatic nitrogens is 1. The van der Waals surface area contributed by atoms with Crippen LogP contribution in [0.1, 0.15) is 18.4 Å². The lowest BCUT2D eigenvalue weighted by Crippen LogP contribution is -3.15. The van der Waals surface area contributed by atoms with E-state index in [1.165, 1.54) is 10.6 Å². The summed E-state index contributed by atoms with van der Waals surface area (Å²) >= 11 is 0. The third-order valence-electron chi connectivity index (χ3n) is 5.94. The van der Waals surface area contributed by atoms with Gasteiger partial charge in [-0.1, -0.05) is 36.4 Å². The van der Waals surface area contributed by atoms with Crippen molar-refractivity contribution in [3.63, 3.8) is 0 Å². The number of hydrogen-bond acceptors (Lipinski definition) is 3. The van der Waals surface area contributed by atoms with Gasteiger partial charge in [-0.2, -0.15) is 0 Å². The Labute approximate surface area is 182 Å². The monoisotopic (exact) mass is 420 g/mol. The summed E-state index contributed by atoms with van der Waals surface area (Å²) < 4.78 is 0. The highest BCUT2D eigenvalue weighted by molar-refractivity contribution is 5.85. The lowest BCUT2D eigenvalue weighted by atomic mass is 10.1. The van der Waals surface area contributed by atoms with E-state index in [4.69, 9.17) is 0 Å². The average Bonchev–Trinajstić information content (AvgIpc) is 3.24. The highest BCUT2D eigenvalue weighted by atomic mass is 16.2. The maximum Gasteiger partial charge on any atom is 0.244 e. The van der Waals surface area contributed by atoms with Crippen molar-refractivity contribution in [3.05, 3.63) is 66.4 Å². The second-order valence-electron chi connectivity index (χ2n) is 8.03. The molecule has 0 spiro atoms. The standard InChI is InChI=1S/C24H29N5O2/c30-23(11-10-19-18-25-22-9-5-4-8-21(19)22)26-27-24(31)12-13-28-14-16-29(17-15-28)20-6-2-1-3-7-20/h1-9,18,25H,10-17H2,(H,26,30)(H,27,31)/p+1. The highest BCUT2D eigenvalue weighted by Gasteiger charge is 2.20. The van der Waals surface area contributed by atoms with Gasteiger partial charge in [0.2, 0.25) is 11.8 Å². The Kier molecular flexibility index (Phi) is 6.84. The quantitative estimate of drug-likeness (QED) is 0.431. The Morgan fingerprint density at radius 1 is 0.903 bits per heavy atom. The van der Waals surface area contributed by atoms with Crippen LogP contribution in [0, 0.1) is 0 Å². The van der Waals surface area contributed by atoms with Gasteiger partial charge in [0.25, 0.3) is 0 Å². The summed E-state index contributed by atoms with van der Waals surface area (Å²) in [6.45, 7) is 4.79. The third-order valence-corrected chi connectivity index (χ3v) is 5.94. The van der Waals surface area contributed by atoms with Gasteiger partial charge in [-0.05, 0) is 30.2 Å². The van der Waals surface area contributed by atoms with E-state index in [1.807, 2.05) is 36.5 Å². The fourth-order valence-corrected chi connectivity index (χ4v) is 4.11. The molecule has 0 saturated carbocycles. The van der Waals surface area contributed by atoms with Crippen LogP contribution in [0.5, 0.6) is 0 Å². The third kappa shape index (κ3) is 5.64. The summed E-state index contributed by atoms with van der Waals surface area (Å²) in [6, 6.07) is 18.5. The van der Waals surface area contributed by atoms with E-state index in [2.05, 4.69) is 45.0 Å². The predicted octanol–water partition coefficient (Wildman–Crippen LogP) is 1.04. The van der Waals surface area contributed by atoms with E-state index in [0.717, 1.165) is 49.2 Å². The first-order valence-electron chi connectivity index (χ1n) is 11.0. The number of fused-ring (bicyclic) bond motifs is 1. The Balaban J connectivity index is 1.12. The number of para-hydroxylation sites is 2. The number of benzene rings is 2. The molecule has 0 radical (unpaired) electrons. The molecule has 1 aliphatic heterocycles. The van der Waals surface area contributed by atoms with Crippen LogP contribution >= 0.6 is 0 Å². The number of hydrogen-bond donors (Lipinski definition) is 4. The molecule has 7 heteroatoms. The minimum Gasteiger partial charge on any atom is -0.361 e. The van der Waals surface area contributed by atoms with Crippen LogP contribution < -0.4 is 20.7 Å². The molecular weight excluding hydrogens is 390 g/mol. The SMILES string of the molecule is O=C(CCc1c[nH]c2ccccc12)NNC(=O)CC[NH+]1CCN(c2ccccc2)CC1. The van der Waals surface area contributed by atoms with Crippen molar-refractivity contribution in [1.82, 2.24) is 15.8 Å².